The minimum absolute atomic E-state index is 0.00130. The van der Waals surface area contributed by atoms with Crippen LogP contribution >= 0.6 is 43.2 Å². The van der Waals surface area contributed by atoms with Crippen LogP contribution in [0.25, 0.3) is 10.9 Å². The standard InChI is InChI=1S/C53H72N12O10S4/c1-30-40(24-33-16-18-35(67)19-17-33)61-51(73)43(63-48(70)37(55)23-32-11-5-4-6-12-32)28-78-79-29-44(52(74)62-42(47(56)69)27-77-76-22-20-45(68)57-3)64-53(75)46(31(2)66)65-49(71)39(15-9-10-21-54)60-50(72)41(59-30)25-34-26-58-38-14-8-7-13-36(34)38/h4-8,11-14,16-19,26,31,37,39-44,46,58-59,66-67H,1,9-10,15,20-25,27-29,54-55H2,2-3H3,(H2,56,69)(H,57,68)(H,60,72)(H,61,73)(H,62,74)(H,63,70)(H,64,75)(H,65,71)/t31-,37-,39?,40+,41-,42+,43+,44+,46?/m1/s1. The Morgan fingerprint density at radius 3 is 2.18 bits per heavy atom. The molecule has 1 aliphatic heterocycles. The largest absolute Gasteiger partial charge is 0.508 e. The minimum Gasteiger partial charge on any atom is -0.508 e. The number of nitrogens with one attached hydrogen (secondary N) is 9. The first-order valence-electron chi connectivity index (χ1n) is 25.6. The van der Waals surface area contributed by atoms with Crippen LogP contribution in [0, 0.1) is 0 Å². The number of hydrogen-bond donors (Lipinski definition) is 14. The average Bonchev–Trinajstić information content (AvgIpc) is 3.89. The number of primary amides is 1. The van der Waals surface area contributed by atoms with Crippen LogP contribution in [0.5, 0.6) is 5.75 Å². The molecule has 79 heavy (non-hydrogen) atoms. The van der Waals surface area contributed by atoms with Gasteiger partial charge < -0.3 is 74.9 Å². The van der Waals surface area contributed by atoms with Gasteiger partial charge in [0.1, 0.15) is 42.0 Å². The van der Waals surface area contributed by atoms with Gasteiger partial charge in [-0.05, 0) is 80.5 Å². The number of carbonyl (C=O) groups is 8. The fraction of sp³-hybridized carbons (Fsp3) is 0.434. The van der Waals surface area contributed by atoms with Crippen molar-refractivity contribution in [2.24, 2.45) is 17.2 Å². The van der Waals surface area contributed by atoms with Crippen molar-refractivity contribution in [3.05, 3.63) is 114 Å². The van der Waals surface area contributed by atoms with Gasteiger partial charge in [0.2, 0.25) is 47.3 Å². The van der Waals surface area contributed by atoms with Crippen LogP contribution in [-0.4, -0.2) is 153 Å². The van der Waals surface area contributed by atoms with Crippen molar-refractivity contribution in [2.45, 2.75) is 106 Å². The molecular weight excluding hydrogens is 1090 g/mol. The molecule has 2 heterocycles. The molecule has 0 spiro atoms. The van der Waals surface area contributed by atoms with Crippen LogP contribution in [0.4, 0.5) is 0 Å². The van der Waals surface area contributed by atoms with Crippen molar-refractivity contribution >= 4 is 101 Å². The van der Waals surface area contributed by atoms with Gasteiger partial charge in [0.25, 0.3) is 0 Å². The third kappa shape index (κ3) is 20.6. The van der Waals surface area contributed by atoms with E-state index in [0.29, 0.717) is 24.2 Å². The number of phenols is 1. The summed E-state index contributed by atoms with van der Waals surface area (Å²) in [6.07, 6.45) is 1.57. The highest BCUT2D eigenvalue weighted by atomic mass is 33.1. The number of fused-ring (bicyclic) bond motifs is 1. The summed E-state index contributed by atoms with van der Waals surface area (Å²) in [6, 6.07) is 12.6. The number of aliphatic hydroxyl groups excluding tert-OH is 1. The smallest absolute Gasteiger partial charge is 0.245 e. The monoisotopic (exact) mass is 1160 g/mol. The van der Waals surface area contributed by atoms with Gasteiger partial charge in [0.05, 0.1) is 18.2 Å². The van der Waals surface area contributed by atoms with Gasteiger partial charge in [-0.1, -0.05) is 110 Å². The normalized spacial score (nSPS) is 21.2. The van der Waals surface area contributed by atoms with Crippen molar-refractivity contribution in [2.75, 3.05) is 36.6 Å². The Labute approximate surface area is 474 Å². The molecule has 4 aromatic rings. The van der Waals surface area contributed by atoms with E-state index in [0.717, 1.165) is 43.6 Å². The molecule has 0 bridgehead atoms. The van der Waals surface area contributed by atoms with Crippen LogP contribution in [0.2, 0.25) is 0 Å². The van der Waals surface area contributed by atoms with Gasteiger partial charge in [0, 0.05) is 65.7 Å². The van der Waals surface area contributed by atoms with Gasteiger partial charge in [-0.25, -0.2) is 0 Å². The Hall–Kier alpha value is -6.42. The molecule has 5 rings (SSSR count). The number of aliphatic hydroxyl groups is 1. The number of benzene rings is 3. The molecule has 1 aliphatic rings. The molecular formula is C53H72N12O10S4. The molecule has 1 aromatic heterocycles. The maximum Gasteiger partial charge on any atom is 0.245 e. The molecule has 22 nitrogen and oxygen atoms in total. The van der Waals surface area contributed by atoms with Gasteiger partial charge >= 0.3 is 0 Å². The quantitative estimate of drug-likeness (QED) is 0.0377. The fourth-order valence-electron chi connectivity index (χ4n) is 8.15. The Morgan fingerprint density at radius 2 is 1.48 bits per heavy atom. The van der Waals surface area contributed by atoms with Gasteiger partial charge in [0.15, 0.2) is 0 Å². The predicted molar refractivity (Wildman–Crippen MR) is 312 cm³/mol. The summed E-state index contributed by atoms with van der Waals surface area (Å²) in [5.41, 5.74) is 21.1. The Bertz CT molecular complexity index is 2700. The average molecular weight is 1170 g/mol. The number of amides is 8. The topological polar surface area (TPSA) is 367 Å². The lowest BCUT2D eigenvalue weighted by Crippen LogP contribution is -2.62. The number of aromatic amines is 1. The molecule has 0 aliphatic carbocycles. The molecule has 0 radical (unpaired) electrons. The second-order valence-corrected chi connectivity index (χ2v) is 24.0. The zero-order valence-electron chi connectivity index (χ0n) is 44.0. The zero-order chi connectivity index (χ0) is 57.4. The first-order valence-corrected chi connectivity index (χ1v) is 30.6. The lowest BCUT2D eigenvalue weighted by atomic mass is 9.99. The number of unbranched alkanes of at least 4 members (excludes halogenated alkanes) is 1. The third-order valence-electron chi connectivity index (χ3n) is 12.7. The number of hydrogen-bond acceptors (Lipinski definition) is 17. The van der Waals surface area contributed by atoms with E-state index < -0.39 is 95.8 Å². The summed E-state index contributed by atoms with van der Waals surface area (Å²) < 4.78 is 0. The molecule has 1 saturated heterocycles. The summed E-state index contributed by atoms with van der Waals surface area (Å²) in [5, 5.41) is 44.3. The predicted octanol–water partition coefficient (Wildman–Crippen LogP) is 0.517. The molecule has 17 N–H and O–H groups in total. The highest BCUT2D eigenvalue weighted by Gasteiger charge is 2.36. The van der Waals surface area contributed by atoms with Crippen LogP contribution in [0.1, 0.15) is 49.3 Å². The lowest BCUT2D eigenvalue weighted by Gasteiger charge is -2.30. The molecule has 3 aromatic carbocycles. The molecule has 2 unspecified atom stereocenters. The lowest BCUT2D eigenvalue weighted by molar-refractivity contribution is -0.136. The molecule has 26 heteroatoms. The number of aromatic hydroxyl groups is 1. The number of nitrogens with two attached hydrogens (primary N) is 3. The number of phenolic OH excluding ortho intramolecular Hbond substituents is 1. The summed E-state index contributed by atoms with van der Waals surface area (Å²) in [5.74, 6) is -5.70. The molecule has 1 fully saturated rings. The molecule has 8 amide bonds. The zero-order valence-corrected chi connectivity index (χ0v) is 47.3. The van der Waals surface area contributed by atoms with Crippen molar-refractivity contribution in [1.29, 1.82) is 0 Å². The van der Waals surface area contributed by atoms with E-state index in [1.54, 1.807) is 18.3 Å². The van der Waals surface area contributed by atoms with E-state index in [1.165, 1.54) is 47.7 Å². The number of para-hydroxylation sites is 1. The third-order valence-corrected chi connectivity index (χ3v) is 17.5. The van der Waals surface area contributed by atoms with Crippen LogP contribution in [-0.2, 0) is 57.6 Å². The highest BCUT2D eigenvalue weighted by molar-refractivity contribution is 8.77. The van der Waals surface area contributed by atoms with Crippen LogP contribution in [0.15, 0.2) is 97.3 Å². The summed E-state index contributed by atoms with van der Waals surface area (Å²) >= 11 is 0. The van der Waals surface area contributed by atoms with E-state index in [1.807, 2.05) is 54.6 Å². The van der Waals surface area contributed by atoms with Crippen molar-refractivity contribution in [3.8, 4) is 5.75 Å². The Kier molecular flexibility index (Phi) is 26.2. The summed E-state index contributed by atoms with van der Waals surface area (Å²) in [7, 11) is 6.07. The molecule has 0 saturated carbocycles. The van der Waals surface area contributed by atoms with Gasteiger partial charge in [-0.15, -0.1) is 0 Å². The Balaban J connectivity index is 1.55. The van der Waals surface area contributed by atoms with E-state index in [2.05, 4.69) is 54.1 Å². The van der Waals surface area contributed by atoms with Gasteiger partial charge in [-0.2, -0.15) is 0 Å². The maximum absolute atomic E-state index is 14.9. The fourth-order valence-corrected chi connectivity index (χ4v) is 12.6. The van der Waals surface area contributed by atoms with E-state index in [4.69, 9.17) is 17.2 Å². The number of carbonyl (C=O) groups excluding carboxylic acids is 8. The molecule has 428 valence electrons. The second-order valence-electron chi connectivity index (χ2n) is 18.8. The van der Waals surface area contributed by atoms with E-state index in [9.17, 15) is 48.6 Å². The van der Waals surface area contributed by atoms with E-state index >= 15 is 0 Å². The first kappa shape index (κ1) is 63.4. The number of H-pyrrole nitrogens is 1. The summed E-state index contributed by atoms with van der Waals surface area (Å²) in [6.45, 7) is 5.87. The minimum atomic E-state index is -1.68. The number of aromatic nitrogens is 1. The maximum atomic E-state index is 14.9. The molecule has 9 atom stereocenters. The van der Waals surface area contributed by atoms with Crippen molar-refractivity contribution < 1.29 is 48.6 Å². The van der Waals surface area contributed by atoms with Crippen molar-refractivity contribution in [3.63, 3.8) is 0 Å². The highest BCUT2D eigenvalue weighted by Crippen LogP contribution is 2.26. The van der Waals surface area contributed by atoms with Gasteiger partial charge in [-0.3, -0.25) is 38.4 Å². The van der Waals surface area contributed by atoms with E-state index in [-0.39, 0.29) is 73.3 Å². The Morgan fingerprint density at radius 1 is 0.797 bits per heavy atom. The summed E-state index contributed by atoms with van der Waals surface area (Å²) in [4.78, 5) is 114. The van der Waals surface area contributed by atoms with Crippen LogP contribution in [0.3, 0.4) is 0 Å². The number of rotatable bonds is 22. The first-order chi connectivity index (χ1) is 37.9. The SMILES string of the molecule is C=C1N[C@H](Cc2c[nH]c3ccccc23)C(=O)NC(CCCCN)C(=O)NC([C@@H](C)O)C(=O)N[C@H](C(=O)N[C@@H](CSSCCC(=O)NC)C(N)=O)CSSC[C@H](NC(=O)[C@H](N)Cc2ccccc2)C(=O)N[C@H]1Cc1ccc(O)cc1. The van der Waals surface area contributed by atoms with Crippen LogP contribution < -0.4 is 59.7 Å². The van der Waals surface area contributed by atoms with Crippen molar-refractivity contribution in [1.82, 2.24) is 47.5 Å². The second kappa shape index (κ2) is 32.6.